The van der Waals surface area contributed by atoms with E-state index in [9.17, 15) is 18.0 Å². The number of benzene rings is 3. The molecule has 3 rings (SSSR count). The van der Waals surface area contributed by atoms with Crippen molar-refractivity contribution in [3.05, 3.63) is 94.1 Å². The minimum Gasteiger partial charge on any atom is -0.354 e. The lowest BCUT2D eigenvalue weighted by atomic mass is 10.1. The molecule has 0 heterocycles. The van der Waals surface area contributed by atoms with Crippen LogP contribution in [0.3, 0.4) is 0 Å². The lowest BCUT2D eigenvalue weighted by Crippen LogP contribution is -2.52. The highest BCUT2D eigenvalue weighted by molar-refractivity contribution is 14.1. The molecule has 0 aliphatic rings. The molecular formula is C29H34IN3O4S. The van der Waals surface area contributed by atoms with Crippen LogP contribution in [-0.4, -0.2) is 50.8 Å². The van der Waals surface area contributed by atoms with Crippen LogP contribution in [0.15, 0.2) is 89.8 Å². The summed E-state index contributed by atoms with van der Waals surface area (Å²) in [6.07, 6.45) is 0.531. The molecule has 9 heteroatoms. The molecule has 38 heavy (non-hydrogen) atoms. The van der Waals surface area contributed by atoms with Crippen molar-refractivity contribution in [1.29, 1.82) is 0 Å². The van der Waals surface area contributed by atoms with E-state index in [1.807, 2.05) is 44.2 Å². The summed E-state index contributed by atoms with van der Waals surface area (Å²) >= 11 is 2.15. The summed E-state index contributed by atoms with van der Waals surface area (Å²) in [6.45, 7) is 5.99. The number of rotatable bonds is 12. The molecule has 1 N–H and O–H groups in total. The molecule has 0 saturated heterocycles. The van der Waals surface area contributed by atoms with E-state index in [0.717, 1.165) is 13.4 Å². The lowest BCUT2D eigenvalue weighted by Gasteiger charge is -2.32. The van der Waals surface area contributed by atoms with Gasteiger partial charge in [0.1, 0.15) is 12.6 Å². The standard InChI is InChI=1S/C29H34IN3O4S/c1-22(2)20-31-29(35)23(3)32(19-18-24-10-6-4-7-11-24)28(34)21-33(26-16-14-25(30)15-17-26)38(36,37)27-12-8-5-9-13-27/h4-17,22-23H,18-21H2,1-3H3,(H,31,35)/t23-/m0/s1. The summed E-state index contributed by atoms with van der Waals surface area (Å²) < 4.78 is 29.5. The van der Waals surface area contributed by atoms with Crippen LogP contribution in [-0.2, 0) is 26.0 Å². The van der Waals surface area contributed by atoms with Gasteiger partial charge in [-0.3, -0.25) is 13.9 Å². The Morgan fingerprint density at radius 1 is 0.868 bits per heavy atom. The first kappa shape index (κ1) is 29.6. The smallest absolute Gasteiger partial charge is 0.264 e. The predicted molar refractivity (Wildman–Crippen MR) is 159 cm³/mol. The monoisotopic (exact) mass is 647 g/mol. The predicted octanol–water partition coefficient (Wildman–Crippen LogP) is 4.72. The summed E-state index contributed by atoms with van der Waals surface area (Å²) in [5, 5.41) is 2.90. The van der Waals surface area contributed by atoms with Gasteiger partial charge >= 0.3 is 0 Å². The van der Waals surface area contributed by atoms with Gasteiger partial charge in [0.2, 0.25) is 11.8 Å². The molecule has 0 aromatic heterocycles. The maximum absolute atomic E-state index is 13.8. The van der Waals surface area contributed by atoms with Crippen molar-refractivity contribution >= 4 is 50.1 Å². The van der Waals surface area contributed by atoms with Gasteiger partial charge in [0.15, 0.2) is 0 Å². The molecule has 0 fully saturated rings. The maximum atomic E-state index is 13.8. The Bertz CT molecular complexity index is 1300. The second kappa shape index (κ2) is 13.7. The van der Waals surface area contributed by atoms with Gasteiger partial charge in [0, 0.05) is 16.7 Å². The van der Waals surface area contributed by atoms with Crippen molar-refractivity contribution in [1.82, 2.24) is 10.2 Å². The summed E-state index contributed by atoms with van der Waals surface area (Å²) in [5.41, 5.74) is 1.40. The number of halogens is 1. The van der Waals surface area contributed by atoms with Crippen molar-refractivity contribution in [3.8, 4) is 0 Å². The van der Waals surface area contributed by atoms with E-state index >= 15 is 0 Å². The van der Waals surface area contributed by atoms with Gasteiger partial charge in [-0.05, 0) is 83.8 Å². The van der Waals surface area contributed by atoms with E-state index in [1.54, 1.807) is 49.4 Å². The van der Waals surface area contributed by atoms with E-state index < -0.39 is 28.5 Å². The van der Waals surface area contributed by atoms with Crippen LogP contribution in [0.4, 0.5) is 5.69 Å². The minimum atomic E-state index is -4.05. The second-order valence-corrected chi connectivity index (χ2v) is 12.5. The zero-order chi connectivity index (χ0) is 27.7. The molecule has 0 saturated carbocycles. The highest BCUT2D eigenvalue weighted by Crippen LogP contribution is 2.25. The number of carbonyl (C=O) groups is 2. The van der Waals surface area contributed by atoms with E-state index in [-0.39, 0.29) is 23.3 Å². The average Bonchev–Trinajstić information content (AvgIpc) is 2.92. The Morgan fingerprint density at radius 2 is 1.45 bits per heavy atom. The van der Waals surface area contributed by atoms with Gasteiger partial charge in [-0.2, -0.15) is 0 Å². The third kappa shape index (κ3) is 8.04. The van der Waals surface area contributed by atoms with E-state index in [2.05, 4.69) is 27.9 Å². The number of carbonyl (C=O) groups excluding carboxylic acids is 2. The zero-order valence-corrected chi connectivity index (χ0v) is 24.9. The third-order valence-corrected chi connectivity index (χ3v) is 8.57. The van der Waals surface area contributed by atoms with Gasteiger partial charge in [0.25, 0.3) is 10.0 Å². The van der Waals surface area contributed by atoms with Gasteiger partial charge in [0.05, 0.1) is 10.6 Å². The molecule has 0 spiro atoms. The molecule has 3 aromatic carbocycles. The summed E-state index contributed by atoms with van der Waals surface area (Å²) in [5.74, 6) is -0.468. The number of hydrogen-bond donors (Lipinski definition) is 1. The van der Waals surface area contributed by atoms with Gasteiger partial charge < -0.3 is 10.2 Å². The first-order valence-electron chi connectivity index (χ1n) is 12.5. The Balaban J connectivity index is 1.94. The minimum absolute atomic E-state index is 0.0879. The van der Waals surface area contributed by atoms with Gasteiger partial charge in [-0.1, -0.05) is 62.4 Å². The van der Waals surface area contributed by atoms with Crippen LogP contribution in [0.25, 0.3) is 0 Å². The first-order chi connectivity index (χ1) is 18.1. The van der Waals surface area contributed by atoms with Crippen molar-refractivity contribution in [3.63, 3.8) is 0 Å². The highest BCUT2D eigenvalue weighted by Gasteiger charge is 2.32. The summed E-state index contributed by atoms with van der Waals surface area (Å²) in [6, 6.07) is 23.9. The number of anilines is 1. The van der Waals surface area contributed by atoms with Crippen LogP contribution in [0.5, 0.6) is 0 Å². The van der Waals surface area contributed by atoms with Crippen molar-refractivity contribution in [2.45, 2.75) is 38.1 Å². The van der Waals surface area contributed by atoms with Crippen molar-refractivity contribution in [2.75, 3.05) is 23.9 Å². The molecule has 3 aromatic rings. The third-order valence-electron chi connectivity index (χ3n) is 6.06. The summed E-state index contributed by atoms with van der Waals surface area (Å²) in [4.78, 5) is 28.4. The number of nitrogens with one attached hydrogen (secondary N) is 1. The van der Waals surface area contributed by atoms with Crippen LogP contribution >= 0.6 is 22.6 Å². The Hall–Kier alpha value is -2.92. The topological polar surface area (TPSA) is 86.8 Å². The molecule has 0 aliphatic heterocycles. The van der Waals surface area contributed by atoms with E-state index in [1.165, 1.54) is 17.0 Å². The lowest BCUT2D eigenvalue weighted by molar-refractivity contribution is -0.138. The Labute approximate surface area is 239 Å². The SMILES string of the molecule is CC(C)CNC(=O)[C@H](C)N(CCc1ccccc1)C(=O)CN(c1ccc(I)cc1)S(=O)(=O)c1ccccc1. The fourth-order valence-corrected chi connectivity index (χ4v) is 5.67. The molecular weight excluding hydrogens is 613 g/mol. The molecule has 0 unspecified atom stereocenters. The molecule has 7 nitrogen and oxygen atoms in total. The summed E-state index contributed by atoms with van der Waals surface area (Å²) in [7, 11) is -4.05. The first-order valence-corrected chi connectivity index (χ1v) is 15.1. The Kier molecular flexibility index (Phi) is 10.7. The second-order valence-electron chi connectivity index (χ2n) is 9.44. The molecule has 0 radical (unpaired) electrons. The number of nitrogens with zero attached hydrogens (tertiary/aromatic N) is 2. The number of hydrogen-bond acceptors (Lipinski definition) is 4. The van der Waals surface area contributed by atoms with Crippen LogP contribution in [0.1, 0.15) is 26.3 Å². The normalized spacial score (nSPS) is 12.1. The molecule has 0 bridgehead atoms. The van der Waals surface area contributed by atoms with Crippen LogP contribution < -0.4 is 9.62 Å². The van der Waals surface area contributed by atoms with Gasteiger partial charge in [-0.15, -0.1) is 0 Å². The molecule has 202 valence electrons. The zero-order valence-electron chi connectivity index (χ0n) is 21.9. The van der Waals surface area contributed by atoms with E-state index in [4.69, 9.17) is 0 Å². The average molecular weight is 648 g/mol. The number of sulfonamides is 1. The van der Waals surface area contributed by atoms with Gasteiger partial charge in [-0.25, -0.2) is 8.42 Å². The molecule has 0 aliphatic carbocycles. The molecule has 1 atom stereocenters. The maximum Gasteiger partial charge on any atom is 0.264 e. The van der Waals surface area contributed by atoms with Crippen molar-refractivity contribution < 1.29 is 18.0 Å². The fraction of sp³-hybridized carbons (Fsp3) is 0.310. The van der Waals surface area contributed by atoms with Crippen LogP contribution in [0, 0.1) is 9.49 Å². The largest absolute Gasteiger partial charge is 0.354 e. The highest BCUT2D eigenvalue weighted by atomic mass is 127. The van der Waals surface area contributed by atoms with Crippen molar-refractivity contribution in [2.24, 2.45) is 5.92 Å². The number of amides is 2. The fourth-order valence-electron chi connectivity index (χ4n) is 3.88. The quantitative estimate of drug-likeness (QED) is 0.289. The molecule has 2 amide bonds. The van der Waals surface area contributed by atoms with Crippen LogP contribution in [0.2, 0.25) is 0 Å². The van der Waals surface area contributed by atoms with E-state index in [0.29, 0.717) is 18.7 Å². The Morgan fingerprint density at radius 3 is 2.03 bits per heavy atom.